The summed E-state index contributed by atoms with van der Waals surface area (Å²) in [5.74, 6) is 1.34. The average molecular weight is 290 g/mol. The Labute approximate surface area is 127 Å². The van der Waals surface area contributed by atoms with Crippen LogP contribution in [0.25, 0.3) is 0 Å². The van der Waals surface area contributed by atoms with Crippen molar-refractivity contribution in [2.75, 3.05) is 13.6 Å². The minimum Gasteiger partial charge on any atom is -0.410 e. The summed E-state index contributed by atoms with van der Waals surface area (Å²) in [5, 5.41) is 0. The van der Waals surface area contributed by atoms with Crippen molar-refractivity contribution in [3.05, 3.63) is 30.3 Å². The van der Waals surface area contributed by atoms with E-state index < -0.39 is 0 Å². The predicted molar refractivity (Wildman–Crippen MR) is 84.3 cm³/mol. The lowest BCUT2D eigenvalue weighted by Crippen LogP contribution is -2.56. The quantitative estimate of drug-likeness (QED) is 0.924. The molecular formula is C17H26N2O2. The van der Waals surface area contributed by atoms with Gasteiger partial charge < -0.3 is 15.4 Å². The van der Waals surface area contributed by atoms with Crippen molar-refractivity contribution >= 4 is 6.09 Å². The van der Waals surface area contributed by atoms with Gasteiger partial charge in [0.2, 0.25) is 0 Å². The predicted octanol–water partition coefficient (Wildman–Crippen LogP) is 3.41. The number of rotatable bonds is 4. The topological polar surface area (TPSA) is 55.6 Å². The van der Waals surface area contributed by atoms with Crippen LogP contribution in [0.4, 0.5) is 4.79 Å². The Balaban J connectivity index is 2.02. The Morgan fingerprint density at radius 3 is 2.48 bits per heavy atom. The van der Waals surface area contributed by atoms with E-state index in [1.54, 1.807) is 17.0 Å². The summed E-state index contributed by atoms with van der Waals surface area (Å²) in [4.78, 5) is 14.1. The number of nitrogens with two attached hydrogens (primary N) is 1. The maximum Gasteiger partial charge on any atom is 0.415 e. The second-order valence-corrected chi connectivity index (χ2v) is 6.02. The zero-order valence-corrected chi connectivity index (χ0v) is 13.0. The van der Waals surface area contributed by atoms with E-state index >= 15 is 0 Å². The van der Waals surface area contributed by atoms with Gasteiger partial charge in [-0.2, -0.15) is 0 Å². The van der Waals surface area contributed by atoms with Crippen LogP contribution in [0.2, 0.25) is 0 Å². The second-order valence-electron chi connectivity index (χ2n) is 6.02. The molecule has 1 amide bonds. The molecule has 1 fully saturated rings. The maximum atomic E-state index is 12.4. The Bertz CT molecular complexity index is 453. The fourth-order valence-electron chi connectivity index (χ4n) is 3.15. The first-order valence-corrected chi connectivity index (χ1v) is 7.82. The van der Waals surface area contributed by atoms with Gasteiger partial charge in [0, 0.05) is 13.6 Å². The molecule has 1 aromatic carbocycles. The number of hydrogen-bond donors (Lipinski definition) is 1. The molecule has 0 bridgehead atoms. The van der Waals surface area contributed by atoms with Crippen molar-refractivity contribution in [1.29, 1.82) is 0 Å². The molecule has 0 saturated heterocycles. The van der Waals surface area contributed by atoms with E-state index in [0.717, 1.165) is 31.6 Å². The highest BCUT2D eigenvalue weighted by atomic mass is 16.6. The van der Waals surface area contributed by atoms with Gasteiger partial charge in [-0.15, -0.1) is 0 Å². The first-order chi connectivity index (χ1) is 10.1. The molecule has 1 aromatic rings. The summed E-state index contributed by atoms with van der Waals surface area (Å²) in [6.07, 6.45) is 5.08. The molecule has 116 valence electrons. The lowest BCUT2D eigenvalue weighted by molar-refractivity contribution is 0.0641. The van der Waals surface area contributed by atoms with Crippen LogP contribution in [-0.4, -0.2) is 30.1 Å². The Morgan fingerprint density at radius 2 is 1.95 bits per heavy atom. The lowest BCUT2D eigenvalue weighted by atomic mass is 9.75. The van der Waals surface area contributed by atoms with Crippen molar-refractivity contribution in [2.45, 2.75) is 44.6 Å². The van der Waals surface area contributed by atoms with Gasteiger partial charge in [0.05, 0.1) is 5.54 Å². The molecule has 0 radical (unpaired) electrons. The largest absolute Gasteiger partial charge is 0.415 e. The van der Waals surface area contributed by atoms with Gasteiger partial charge >= 0.3 is 6.09 Å². The van der Waals surface area contributed by atoms with Crippen LogP contribution in [0.15, 0.2) is 30.3 Å². The first kappa shape index (κ1) is 15.8. The molecule has 0 atom stereocenters. The van der Waals surface area contributed by atoms with E-state index in [9.17, 15) is 4.79 Å². The molecule has 2 N–H and O–H groups in total. The molecule has 0 unspecified atom stereocenters. The molecule has 0 spiro atoms. The van der Waals surface area contributed by atoms with Crippen LogP contribution in [-0.2, 0) is 0 Å². The van der Waals surface area contributed by atoms with Gasteiger partial charge in [0.15, 0.2) is 0 Å². The monoisotopic (exact) mass is 290 g/mol. The lowest BCUT2D eigenvalue weighted by Gasteiger charge is -2.45. The number of benzene rings is 1. The molecule has 0 aromatic heterocycles. The summed E-state index contributed by atoms with van der Waals surface area (Å²) < 4.78 is 5.44. The molecule has 1 aliphatic rings. The molecule has 21 heavy (non-hydrogen) atoms. The third kappa shape index (κ3) is 3.56. The molecule has 1 saturated carbocycles. The standard InChI is InChI=1S/C17H26N2O2/c1-3-14-9-11-17(13-18,12-10-14)19(2)16(20)21-15-7-5-4-6-8-15/h4-8,14H,3,9-13,18H2,1-2H3. The van der Waals surface area contributed by atoms with Crippen molar-refractivity contribution in [1.82, 2.24) is 4.90 Å². The van der Waals surface area contributed by atoms with E-state index in [-0.39, 0.29) is 11.6 Å². The summed E-state index contributed by atoms with van der Waals surface area (Å²) in [5.41, 5.74) is 5.76. The van der Waals surface area contributed by atoms with Gasteiger partial charge in [-0.3, -0.25) is 0 Å². The van der Waals surface area contributed by atoms with Gasteiger partial charge in [-0.25, -0.2) is 4.79 Å². The highest BCUT2D eigenvalue weighted by molar-refractivity contribution is 5.71. The number of para-hydroxylation sites is 1. The average Bonchev–Trinajstić information content (AvgIpc) is 2.55. The van der Waals surface area contributed by atoms with Crippen LogP contribution < -0.4 is 10.5 Å². The van der Waals surface area contributed by atoms with Crippen molar-refractivity contribution in [3.63, 3.8) is 0 Å². The third-order valence-electron chi connectivity index (χ3n) is 4.93. The fourth-order valence-corrected chi connectivity index (χ4v) is 3.15. The van der Waals surface area contributed by atoms with Crippen LogP contribution in [0.5, 0.6) is 5.75 Å². The van der Waals surface area contributed by atoms with E-state index in [1.165, 1.54) is 6.42 Å². The van der Waals surface area contributed by atoms with Crippen molar-refractivity contribution < 1.29 is 9.53 Å². The third-order valence-corrected chi connectivity index (χ3v) is 4.93. The van der Waals surface area contributed by atoms with Crippen molar-refractivity contribution in [2.24, 2.45) is 11.7 Å². The van der Waals surface area contributed by atoms with Gasteiger partial charge in [-0.1, -0.05) is 31.5 Å². The highest BCUT2D eigenvalue weighted by Gasteiger charge is 2.40. The maximum absolute atomic E-state index is 12.4. The normalized spacial score (nSPS) is 25.4. The minimum atomic E-state index is -0.318. The number of nitrogens with zero attached hydrogens (tertiary/aromatic N) is 1. The van der Waals surface area contributed by atoms with Crippen LogP contribution in [0.3, 0.4) is 0 Å². The highest BCUT2D eigenvalue weighted by Crippen LogP contribution is 2.37. The zero-order chi connectivity index (χ0) is 15.3. The summed E-state index contributed by atoms with van der Waals surface area (Å²) in [6.45, 7) is 2.72. The smallest absolute Gasteiger partial charge is 0.410 e. The van der Waals surface area contributed by atoms with Crippen LogP contribution >= 0.6 is 0 Å². The molecular weight excluding hydrogens is 264 g/mol. The summed E-state index contributed by atoms with van der Waals surface area (Å²) in [6, 6.07) is 9.18. The number of carbonyl (C=O) groups excluding carboxylic acids is 1. The Hall–Kier alpha value is -1.55. The van der Waals surface area contributed by atoms with E-state index in [2.05, 4.69) is 6.92 Å². The number of hydrogen-bond acceptors (Lipinski definition) is 3. The van der Waals surface area contributed by atoms with Gasteiger partial charge in [0.1, 0.15) is 5.75 Å². The van der Waals surface area contributed by atoms with Gasteiger partial charge in [0.25, 0.3) is 0 Å². The van der Waals surface area contributed by atoms with E-state index in [0.29, 0.717) is 12.3 Å². The van der Waals surface area contributed by atoms with Crippen molar-refractivity contribution in [3.8, 4) is 5.75 Å². The number of amides is 1. The summed E-state index contributed by atoms with van der Waals surface area (Å²) >= 11 is 0. The number of ether oxygens (including phenoxy) is 1. The molecule has 0 heterocycles. The minimum absolute atomic E-state index is 0.252. The Morgan fingerprint density at radius 1 is 1.33 bits per heavy atom. The van der Waals surface area contributed by atoms with E-state index in [1.807, 2.05) is 25.2 Å². The molecule has 2 rings (SSSR count). The number of likely N-dealkylation sites (N-methyl/N-ethyl adjacent to an activating group) is 1. The molecule has 4 heteroatoms. The Kier molecular flexibility index (Phi) is 5.23. The van der Waals surface area contributed by atoms with Gasteiger partial charge in [-0.05, 0) is 43.7 Å². The first-order valence-electron chi connectivity index (χ1n) is 7.82. The zero-order valence-electron chi connectivity index (χ0n) is 13.0. The molecule has 1 aliphatic carbocycles. The fraction of sp³-hybridized carbons (Fsp3) is 0.588. The summed E-state index contributed by atoms with van der Waals surface area (Å²) in [7, 11) is 1.81. The molecule has 4 nitrogen and oxygen atoms in total. The number of carbonyl (C=O) groups is 1. The second kappa shape index (κ2) is 6.94. The van der Waals surface area contributed by atoms with Crippen LogP contribution in [0, 0.1) is 5.92 Å². The van der Waals surface area contributed by atoms with E-state index in [4.69, 9.17) is 10.5 Å². The molecule has 0 aliphatic heterocycles. The van der Waals surface area contributed by atoms with Crippen LogP contribution in [0.1, 0.15) is 39.0 Å². The SMILES string of the molecule is CCC1CCC(CN)(N(C)C(=O)Oc2ccccc2)CC1.